The van der Waals surface area contributed by atoms with Crippen molar-refractivity contribution in [2.75, 3.05) is 11.9 Å². The van der Waals surface area contributed by atoms with Crippen molar-refractivity contribution >= 4 is 22.8 Å². The molecule has 200 valence electrons. The smallest absolute Gasteiger partial charge is 0.163 e. The van der Waals surface area contributed by atoms with Gasteiger partial charge in [-0.25, -0.2) is 0 Å². The van der Waals surface area contributed by atoms with Crippen LogP contribution in [0.5, 0.6) is 0 Å². The van der Waals surface area contributed by atoms with E-state index in [0.717, 1.165) is 39.8 Å². The number of ketones is 2. The third kappa shape index (κ3) is 6.17. The van der Waals surface area contributed by atoms with E-state index in [1.807, 2.05) is 13.8 Å². The van der Waals surface area contributed by atoms with Crippen molar-refractivity contribution < 1.29 is 9.59 Å². The van der Waals surface area contributed by atoms with Gasteiger partial charge in [0.25, 0.3) is 0 Å². The molecular weight excluding hydrogens is 456 g/mol. The van der Waals surface area contributed by atoms with Crippen molar-refractivity contribution in [3.05, 3.63) is 57.7 Å². The molecule has 0 radical (unpaired) electrons. The van der Waals surface area contributed by atoms with E-state index in [9.17, 15) is 9.59 Å². The maximum Gasteiger partial charge on any atom is 0.163 e. The van der Waals surface area contributed by atoms with Gasteiger partial charge in [0.2, 0.25) is 0 Å². The van der Waals surface area contributed by atoms with Crippen LogP contribution in [-0.4, -0.2) is 35.7 Å². The van der Waals surface area contributed by atoms with Crippen LogP contribution in [0.3, 0.4) is 0 Å². The molecule has 0 amide bonds. The average Bonchev–Trinajstić information content (AvgIpc) is 3.30. The Balaban J connectivity index is 1.72. The molecule has 37 heavy (non-hydrogen) atoms. The summed E-state index contributed by atoms with van der Waals surface area (Å²) in [7, 11) is 2.20. The summed E-state index contributed by atoms with van der Waals surface area (Å²) in [5, 5.41) is 3.74. The Morgan fingerprint density at radius 3 is 2.38 bits per heavy atom. The van der Waals surface area contributed by atoms with Crippen LogP contribution >= 0.6 is 0 Å². The molecule has 1 N–H and O–H groups in total. The summed E-state index contributed by atoms with van der Waals surface area (Å²) >= 11 is 0. The van der Waals surface area contributed by atoms with Crippen molar-refractivity contribution in [1.29, 1.82) is 0 Å². The largest absolute Gasteiger partial charge is 0.371 e. The number of carbonyl (C=O) groups is 2. The molecule has 2 aliphatic carbocycles. The molecule has 1 saturated carbocycles. The van der Waals surface area contributed by atoms with E-state index in [1.54, 1.807) is 0 Å². The maximum atomic E-state index is 13.8. The fourth-order valence-corrected chi connectivity index (χ4v) is 6.93. The highest BCUT2D eigenvalue weighted by Gasteiger charge is 2.33. The zero-order valence-corrected chi connectivity index (χ0v) is 24.3. The molecule has 4 rings (SSSR count). The minimum absolute atomic E-state index is 0.0306. The van der Waals surface area contributed by atoms with Gasteiger partial charge in [0.05, 0.1) is 0 Å². The number of rotatable bonds is 7. The molecule has 0 spiro atoms. The Bertz CT molecular complexity index is 1190. The monoisotopic (exact) mass is 502 g/mol. The summed E-state index contributed by atoms with van der Waals surface area (Å²) in [6.07, 6.45) is 11.6. The van der Waals surface area contributed by atoms with Gasteiger partial charge >= 0.3 is 0 Å². The number of nitrogens with one attached hydrogen (secondary N) is 1. The van der Waals surface area contributed by atoms with E-state index in [-0.39, 0.29) is 22.6 Å². The van der Waals surface area contributed by atoms with Crippen molar-refractivity contribution in [1.82, 2.24) is 5.32 Å². The number of anilines is 1. The third-order valence-corrected chi connectivity index (χ3v) is 8.45. The summed E-state index contributed by atoms with van der Waals surface area (Å²) in [5.74, 6) is 0.301. The van der Waals surface area contributed by atoms with E-state index < -0.39 is 0 Å². The van der Waals surface area contributed by atoms with Crippen LogP contribution in [0.15, 0.2) is 41.0 Å². The molecule has 0 atom stereocenters. The highest BCUT2D eigenvalue weighted by molar-refractivity contribution is 6.03. The lowest BCUT2D eigenvalue weighted by atomic mass is 9.80. The van der Waals surface area contributed by atoms with E-state index in [0.29, 0.717) is 25.3 Å². The number of carbonyl (C=O) groups excluding carboxylic acids is 2. The van der Waals surface area contributed by atoms with Gasteiger partial charge in [-0.3, -0.25) is 9.59 Å². The van der Waals surface area contributed by atoms with Gasteiger partial charge in [0, 0.05) is 48.3 Å². The molecule has 4 nitrogen and oxygen atoms in total. The van der Waals surface area contributed by atoms with Gasteiger partial charge in [0.15, 0.2) is 11.6 Å². The molecule has 3 aliphatic rings. The molecule has 1 aromatic rings. The lowest BCUT2D eigenvalue weighted by Crippen LogP contribution is -2.53. The van der Waals surface area contributed by atoms with Gasteiger partial charge in [-0.05, 0) is 114 Å². The van der Waals surface area contributed by atoms with E-state index in [4.69, 9.17) is 0 Å². The normalized spacial score (nSPS) is 21.7. The lowest BCUT2D eigenvalue weighted by Gasteiger charge is -2.41. The number of hydrogen-bond donors (Lipinski definition) is 1. The molecule has 0 unspecified atom stereocenters. The van der Waals surface area contributed by atoms with Crippen LogP contribution in [0, 0.1) is 6.92 Å². The second kappa shape index (κ2) is 10.4. The molecule has 0 aromatic heterocycles. The zero-order valence-electron chi connectivity index (χ0n) is 24.3. The van der Waals surface area contributed by atoms with Crippen LogP contribution in [-0.2, 0) is 4.79 Å². The average molecular weight is 503 g/mol. The highest BCUT2D eigenvalue weighted by Crippen LogP contribution is 2.39. The first-order valence-electron chi connectivity index (χ1n) is 14.1. The van der Waals surface area contributed by atoms with Gasteiger partial charge in [-0.2, -0.15) is 0 Å². The van der Waals surface area contributed by atoms with Crippen molar-refractivity contribution in [2.45, 2.75) is 117 Å². The van der Waals surface area contributed by atoms with Gasteiger partial charge in [0.1, 0.15) is 0 Å². The molecule has 1 heterocycles. The first-order valence-corrected chi connectivity index (χ1v) is 14.1. The minimum Gasteiger partial charge on any atom is -0.371 e. The summed E-state index contributed by atoms with van der Waals surface area (Å²) in [6, 6.07) is 4.97. The first-order chi connectivity index (χ1) is 17.3. The molecule has 0 saturated heterocycles. The molecule has 1 aliphatic heterocycles. The Morgan fingerprint density at radius 2 is 1.76 bits per heavy atom. The summed E-state index contributed by atoms with van der Waals surface area (Å²) in [6.45, 7) is 15.0. The second-order valence-electron chi connectivity index (χ2n) is 13.0. The van der Waals surface area contributed by atoms with E-state index in [2.05, 4.69) is 76.2 Å². The fourth-order valence-electron chi connectivity index (χ4n) is 6.93. The summed E-state index contributed by atoms with van der Waals surface area (Å²) in [4.78, 5) is 28.9. The van der Waals surface area contributed by atoms with Crippen LogP contribution in [0.2, 0.25) is 0 Å². The quantitative estimate of drug-likeness (QED) is 0.392. The Hall–Kier alpha value is -2.46. The maximum absolute atomic E-state index is 13.8. The van der Waals surface area contributed by atoms with Crippen LogP contribution in [0.25, 0.3) is 5.57 Å². The standard InChI is InChI=1S/C33H46N2O2/c1-21-15-22(2)27(31(37)16-21)13-14-30(36)28-17-24(25-19-32(4,5)34-33(6,7)20-25)18-29(23(28)3)35(8)26-11-9-10-12-26/h15,17-19,26,34H,9-14,16,20H2,1-8H3. The van der Waals surface area contributed by atoms with Crippen molar-refractivity contribution in [2.24, 2.45) is 0 Å². The van der Waals surface area contributed by atoms with Crippen molar-refractivity contribution in [3.63, 3.8) is 0 Å². The Labute approximate surface area is 224 Å². The SMILES string of the molecule is CC1=CC(C)=C(CCC(=O)c2cc(C3=CC(C)(C)NC(C)(C)C3)cc(N(C)C3CCCC3)c2C)C(=O)C1. The Morgan fingerprint density at radius 1 is 1.08 bits per heavy atom. The minimum atomic E-state index is -0.124. The molecule has 4 heteroatoms. The van der Waals surface area contributed by atoms with Gasteiger partial charge in [-0.15, -0.1) is 0 Å². The number of benzene rings is 1. The fraction of sp³-hybridized carbons (Fsp3) is 0.576. The second-order valence-corrected chi connectivity index (χ2v) is 13.0. The van der Waals surface area contributed by atoms with E-state index >= 15 is 0 Å². The van der Waals surface area contributed by atoms with Gasteiger partial charge < -0.3 is 10.2 Å². The third-order valence-electron chi connectivity index (χ3n) is 8.45. The molecule has 0 bridgehead atoms. The molecule has 1 fully saturated rings. The van der Waals surface area contributed by atoms with Crippen LogP contribution in [0.4, 0.5) is 5.69 Å². The van der Waals surface area contributed by atoms with Crippen molar-refractivity contribution in [3.8, 4) is 0 Å². The first kappa shape index (κ1) is 27.6. The molecular formula is C33H46N2O2. The summed E-state index contributed by atoms with van der Waals surface area (Å²) < 4.78 is 0. The predicted molar refractivity (Wildman–Crippen MR) is 155 cm³/mol. The van der Waals surface area contributed by atoms with E-state index in [1.165, 1.54) is 36.9 Å². The number of hydrogen-bond acceptors (Lipinski definition) is 4. The zero-order chi connectivity index (χ0) is 27.1. The van der Waals surface area contributed by atoms with Gasteiger partial charge in [-0.1, -0.05) is 30.6 Å². The number of Topliss-reactive ketones (excluding diaryl/α,β-unsaturated/α-hetero) is 2. The highest BCUT2D eigenvalue weighted by atomic mass is 16.1. The topological polar surface area (TPSA) is 49.4 Å². The number of allylic oxidation sites excluding steroid dienone is 4. The van der Waals surface area contributed by atoms with Crippen LogP contribution in [0.1, 0.15) is 114 Å². The lowest BCUT2D eigenvalue weighted by molar-refractivity contribution is -0.115. The Kier molecular flexibility index (Phi) is 7.72. The number of nitrogens with zero attached hydrogens (tertiary/aromatic N) is 1. The summed E-state index contributed by atoms with van der Waals surface area (Å²) in [5.41, 5.74) is 8.27. The predicted octanol–water partition coefficient (Wildman–Crippen LogP) is 7.51. The molecule has 1 aromatic carbocycles. The van der Waals surface area contributed by atoms with Crippen LogP contribution < -0.4 is 10.2 Å².